The molecule has 1 amide bonds. The van der Waals surface area contributed by atoms with Crippen LogP contribution >= 0.6 is 23.2 Å². The molecule has 1 fully saturated rings. The fraction of sp³-hybridized carbons (Fsp3) is 0.385. The van der Waals surface area contributed by atoms with E-state index in [2.05, 4.69) is 5.32 Å². The van der Waals surface area contributed by atoms with E-state index in [9.17, 15) is 9.59 Å². The largest absolute Gasteiger partial charge is 0.480 e. The number of nitrogens with one attached hydrogen (secondary N) is 1. The van der Waals surface area contributed by atoms with Crippen molar-refractivity contribution in [2.75, 3.05) is 25.0 Å². The molecule has 0 saturated carbocycles. The first-order chi connectivity index (χ1) is 9.82. The van der Waals surface area contributed by atoms with E-state index in [4.69, 9.17) is 34.0 Å². The van der Waals surface area contributed by atoms with Gasteiger partial charge >= 0.3 is 5.97 Å². The molecule has 1 unspecified atom stereocenters. The first-order valence-corrected chi connectivity index (χ1v) is 7.06. The highest BCUT2D eigenvalue weighted by Gasteiger charge is 2.41. The van der Waals surface area contributed by atoms with Gasteiger partial charge in [0.15, 0.2) is 0 Å². The van der Waals surface area contributed by atoms with Gasteiger partial charge in [-0.1, -0.05) is 29.3 Å². The summed E-state index contributed by atoms with van der Waals surface area (Å²) in [5, 5.41) is 12.3. The number of nitrogens with two attached hydrogens (primary N) is 1. The molecular formula is C13H15Cl2N3O3. The van der Waals surface area contributed by atoms with Crippen LogP contribution in [0.3, 0.4) is 0 Å². The second kappa shape index (κ2) is 6.19. The minimum absolute atomic E-state index is 0.0507. The van der Waals surface area contributed by atoms with Crippen molar-refractivity contribution in [3.05, 3.63) is 28.2 Å². The van der Waals surface area contributed by atoms with Crippen LogP contribution < -0.4 is 11.1 Å². The standard InChI is InChI=1S/C13H15Cl2N3O3/c14-8-2-1-3-9(11(8)15)17-10(19)6-18-5-4-13(16,7-18)12(20)21/h1-3H,4-7,16H2,(H,17,19)(H,20,21). The van der Waals surface area contributed by atoms with Gasteiger partial charge in [0.1, 0.15) is 5.54 Å². The average Bonchev–Trinajstić information content (AvgIpc) is 2.78. The van der Waals surface area contributed by atoms with Crippen LogP contribution in [0.25, 0.3) is 0 Å². The van der Waals surface area contributed by atoms with Gasteiger partial charge in [0.05, 0.1) is 22.3 Å². The van der Waals surface area contributed by atoms with Crippen molar-refractivity contribution in [3.63, 3.8) is 0 Å². The monoisotopic (exact) mass is 331 g/mol. The number of anilines is 1. The maximum atomic E-state index is 12.0. The Morgan fingerprint density at radius 3 is 2.76 bits per heavy atom. The van der Waals surface area contributed by atoms with Crippen molar-refractivity contribution in [2.45, 2.75) is 12.0 Å². The minimum atomic E-state index is -1.28. The Balaban J connectivity index is 1.94. The van der Waals surface area contributed by atoms with Crippen molar-refractivity contribution in [1.82, 2.24) is 4.90 Å². The van der Waals surface area contributed by atoms with Gasteiger partial charge < -0.3 is 16.2 Å². The number of likely N-dealkylation sites (tertiary alicyclic amines) is 1. The van der Waals surface area contributed by atoms with Crippen LogP contribution in [0, 0.1) is 0 Å². The third kappa shape index (κ3) is 3.65. The number of hydrogen-bond donors (Lipinski definition) is 3. The summed E-state index contributed by atoms with van der Waals surface area (Å²) in [4.78, 5) is 24.7. The quantitative estimate of drug-likeness (QED) is 0.775. The van der Waals surface area contributed by atoms with Crippen LogP contribution in [0.5, 0.6) is 0 Å². The highest BCUT2D eigenvalue weighted by molar-refractivity contribution is 6.43. The van der Waals surface area contributed by atoms with E-state index in [1.165, 1.54) is 0 Å². The average molecular weight is 332 g/mol. The summed E-state index contributed by atoms with van der Waals surface area (Å²) < 4.78 is 0. The van der Waals surface area contributed by atoms with Gasteiger partial charge in [-0.3, -0.25) is 14.5 Å². The Labute approximate surface area is 131 Å². The van der Waals surface area contributed by atoms with Crippen LogP contribution in [0.2, 0.25) is 10.0 Å². The molecule has 21 heavy (non-hydrogen) atoms. The molecule has 0 aliphatic carbocycles. The number of carbonyl (C=O) groups excluding carboxylic acids is 1. The van der Waals surface area contributed by atoms with E-state index in [0.717, 1.165) is 0 Å². The molecule has 6 nitrogen and oxygen atoms in total. The topological polar surface area (TPSA) is 95.7 Å². The van der Waals surface area contributed by atoms with Crippen molar-refractivity contribution >= 4 is 40.8 Å². The number of aliphatic carboxylic acids is 1. The Kier molecular flexibility index (Phi) is 4.73. The number of carboxylic acid groups (broad SMARTS) is 1. The lowest BCUT2D eigenvalue weighted by molar-refractivity contribution is -0.143. The van der Waals surface area contributed by atoms with Gasteiger partial charge in [0, 0.05) is 13.1 Å². The van der Waals surface area contributed by atoms with E-state index in [1.807, 2.05) is 0 Å². The number of carbonyl (C=O) groups is 2. The van der Waals surface area contributed by atoms with Crippen LogP contribution in [-0.4, -0.2) is 47.1 Å². The number of nitrogens with zero attached hydrogens (tertiary/aromatic N) is 1. The number of halogens is 2. The van der Waals surface area contributed by atoms with Gasteiger partial charge in [-0.15, -0.1) is 0 Å². The molecule has 1 aromatic rings. The van der Waals surface area contributed by atoms with E-state index < -0.39 is 11.5 Å². The molecule has 0 aromatic heterocycles. The first-order valence-electron chi connectivity index (χ1n) is 6.30. The van der Waals surface area contributed by atoms with E-state index in [1.54, 1.807) is 23.1 Å². The molecule has 1 aliphatic rings. The fourth-order valence-electron chi connectivity index (χ4n) is 2.22. The van der Waals surface area contributed by atoms with Gasteiger partial charge in [-0.25, -0.2) is 0 Å². The lowest BCUT2D eigenvalue weighted by Gasteiger charge is -2.19. The Hall–Kier alpha value is -1.34. The zero-order valence-electron chi connectivity index (χ0n) is 11.1. The maximum Gasteiger partial charge on any atom is 0.325 e. The highest BCUT2D eigenvalue weighted by atomic mass is 35.5. The third-order valence-electron chi connectivity index (χ3n) is 3.40. The second-order valence-electron chi connectivity index (χ2n) is 5.07. The van der Waals surface area contributed by atoms with Crippen molar-refractivity contribution in [3.8, 4) is 0 Å². The molecule has 1 atom stereocenters. The van der Waals surface area contributed by atoms with Crippen LogP contribution in [0.15, 0.2) is 18.2 Å². The zero-order chi connectivity index (χ0) is 15.6. The molecule has 114 valence electrons. The lowest BCUT2D eigenvalue weighted by Crippen LogP contribution is -2.50. The Morgan fingerprint density at radius 1 is 1.43 bits per heavy atom. The minimum Gasteiger partial charge on any atom is -0.480 e. The number of carboxylic acids is 1. The molecule has 1 saturated heterocycles. The van der Waals surface area contributed by atoms with Gasteiger partial charge in [-0.05, 0) is 18.6 Å². The number of amides is 1. The summed E-state index contributed by atoms with van der Waals surface area (Å²) in [6.45, 7) is 0.646. The second-order valence-corrected chi connectivity index (χ2v) is 5.86. The summed E-state index contributed by atoms with van der Waals surface area (Å²) in [6.07, 6.45) is 0.313. The van der Waals surface area contributed by atoms with Crippen LogP contribution in [0.4, 0.5) is 5.69 Å². The molecule has 4 N–H and O–H groups in total. The molecule has 1 aliphatic heterocycles. The smallest absolute Gasteiger partial charge is 0.325 e. The molecule has 0 spiro atoms. The van der Waals surface area contributed by atoms with Crippen molar-refractivity contribution in [2.24, 2.45) is 5.73 Å². The molecule has 0 radical (unpaired) electrons. The summed E-state index contributed by atoms with van der Waals surface area (Å²) in [5.41, 5.74) is 4.89. The lowest BCUT2D eigenvalue weighted by atomic mass is 10.0. The normalized spacial score (nSPS) is 22.2. The Morgan fingerprint density at radius 2 is 2.14 bits per heavy atom. The van der Waals surface area contributed by atoms with Crippen molar-refractivity contribution < 1.29 is 14.7 Å². The molecule has 2 rings (SSSR count). The predicted octanol–water partition coefficient (Wildman–Crippen LogP) is 1.42. The van der Waals surface area contributed by atoms with Crippen LogP contribution in [0.1, 0.15) is 6.42 Å². The summed E-state index contributed by atoms with van der Waals surface area (Å²) in [5.74, 6) is -1.35. The summed E-state index contributed by atoms with van der Waals surface area (Å²) in [7, 11) is 0. The number of hydrogen-bond acceptors (Lipinski definition) is 4. The highest BCUT2D eigenvalue weighted by Crippen LogP contribution is 2.29. The number of rotatable bonds is 4. The van der Waals surface area contributed by atoms with Gasteiger partial charge in [0.25, 0.3) is 0 Å². The molecular weight excluding hydrogens is 317 g/mol. The molecule has 0 bridgehead atoms. The van der Waals surface area contributed by atoms with Crippen molar-refractivity contribution in [1.29, 1.82) is 0 Å². The van der Waals surface area contributed by atoms with Crippen LogP contribution in [-0.2, 0) is 9.59 Å². The molecule has 8 heteroatoms. The number of benzene rings is 1. The summed E-state index contributed by atoms with van der Waals surface area (Å²) >= 11 is 11.8. The fourth-order valence-corrected chi connectivity index (χ4v) is 2.57. The third-order valence-corrected chi connectivity index (χ3v) is 4.22. The van der Waals surface area contributed by atoms with E-state index in [0.29, 0.717) is 23.7 Å². The molecule has 1 heterocycles. The van der Waals surface area contributed by atoms with E-state index >= 15 is 0 Å². The summed E-state index contributed by atoms with van der Waals surface area (Å²) in [6, 6.07) is 4.94. The SMILES string of the molecule is NC1(C(=O)O)CCN(CC(=O)Nc2cccc(Cl)c2Cl)C1. The van der Waals surface area contributed by atoms with Gasteiger partial charge in [-0.2, -0.15) is 0 Å². The van der Waals surface area contributed by atoms with Gasteiger partial charge in [0.2, 0.25) is 5.91 Å². The van der Waals surface area contributed by atoms with E-state index in [-0.39, 0.29) is 24.0 Å². The zero-order valence-corrected chi connectivity index (χ0v) is 12.6. The molecule has 1 aromatic carbocycles. The maximum absolute atomic E-state index is 12.0. The first kappa shape index (κ1) is 16.0. The Bertz CT molecular complexity index is 582. The predicted molar refractivity (Wildman–Crippen MR) is 80.7 cm³/mol.